The number of nitro groups is 1. The zero-order valence-electron chi connectivity index (χ0n) is 15.2. The van der Waals surface area contributed by atoms with E-state index in [1.807, 2.05) is 0 Å². The summed E-state index contributed by atoms with van der Waals surface area (Å²) in [6.07, 6.45) is 1.52. The van der Waals surface area contributed by atoms with Gasteiger partial charge in [-0.05, 0) is 18.2 Å². The third-order valence-corrected chi connectivity index (χ3v) is 4.85. The smallest absolute Gasteiger partial charge is 0.338 e. The summed E-state index contributed by atoms with van der Waals surface area (Å²) in [5, 5.41) is 15.4. The molecule has 11 heteroatoms. The van der Waals surface area contributed by atoms with Crippen LogP contribution in [0.1, 0.15) is 10.4 Å². The fraction of sp³-hybridized carbons (Fsp3) is 0.0526. The van der Waals surface area contributed by atoms with E-state index < -0.39 is 23.4 Å². The van der Waals surface area contributed by atoms with Crippen LogP contribution in [0.25, 0.3) is 22.3 Å². The number of thiazole rings is 1. The second-order valence-electron chi connectivity index (χ2n) is 6.10. The Kier molecular flexibility index (Phi) is 5.18. The summed E-state index contributed by atoms with van der Waals surface area (Å²) in [6.45, 7) is -0.481. The van der Waals surface area contributed by atoms with Gasteiger partial charge >= 0.3 is 5.97 Å². The van der Waals surface area contributed by atoms with Crippen LogP contribution in [0.5, 0.6) is 0 Å². The summed E-state index contributed by atoms with van der Waals surface area (Å²) in [6, 6.07) is 10.9. The quantitative estimate of drug-likeness (QED) is 0.275. The third kappa shape index (κ3) is 4.15. The number of nitrogens with zero attached hydrogens (tertiary/aromatic N) is 3. The Bertz CT molecular complexity index is 1260. The number of anilines is 1. The number of non-ortho nitro benzene ring substituents is 1. The van der Waals surface area contributed by atoms with Crippen LogP contribution in [0, 0.1) is 10.1 Å². The summed E-state index contributed by atoms with van der Waals surface area (Å²) in [4.78, 5) is 45.8. The molecule has 0 unspecified atom stereocenters. The van der Waals surface area contributed by atoms with Gasteiger partial charge in [0.15, 0.2) is 11.7 Å². The van der Waals surface area contributed by atoms with Gasteiger partial charge in [0, 0.05) is 23.1 Å². The molecule has 4 aromatic rings. The van der Waals surface area contributed by atoms with Crippen LogP contribution in [0.4, 0.5) is 10.8 Å². The molecule has 0 saturated heterocycles. The lowest BCUT2D eigenvalue weighted by molar-refractivity contribution is -0.384. The van der Waals surface area contributed by atoms with Crippen molar-refractivity contribution in [3.63, 3.8) is 0 Å². The summed E-state index contributed by atoms with van der Waals surface area (Å²) in [5.74, 6) is -1.19. The zero-order chi connectivity index (χ0) is 21.1. The molecule has 2 aromatic carbocycles. The van der Waals surface area contributed by atoms with Crippen molar-refractivity contribution >= 4 is 45.1 Å². The molecule has 4 rings (SSSR count). The highest BCUT2D eigenvalue weighted by Crippen LogP contribution is 2.27. The van der Waals surface area contributed by atoms with E-state index in [1.54, 1.807) is 35.7 Å². The second kappa shape index (κ2) is 8.09. The monoisotopic (exact) mass is 423 g/mol. The number of aromatic nitrogens is 3. The molecule has 0 atom stereocenters. The Morgan fingerprint density at radius 3 is 2.93 bits per heavy atom. The van der Waals surface area contributed by atoms with E-state index in [0.717, 1.165) is 11.3 Å². The van der Waals surface area contributed by atoms with Crippen LogP contribution in [0.15, 0.2) is 54.2 Å². The fourth-order valence-corrected chi connectivity index (χ4v) is 3.41. The first-order valence-electron chi connectivity index (χ1n) is 8.60. The lowest BCUT2D eigenvalue weighted by Crippen LogP contribution is -2.20. The number of carbonyl (C=O) groups excluding carboxylic acids is 2. The molecule has 0 aliphatic carbocycles. The largest absolute Gasteiger partial charge is 0.452 e. The molecular formula is C19H13N5O5S. The Hall–Kier alpha value is -4.12. The highest BCUT2D eigenvalue weighted by Gasteiger charge is 2.14. The number of nitro benzene ring substituents is 1. The first-order valence-corrected chi connectivity index (χ1v) is 9.48. The molecule has 2 aromatic heterocycles. The molecule has 1 amide bonds. The number of aromatic amines is 1. The van der Waals surface area contributed by atoms with Crippen molar-refractivity contribution in [1.82, 2.24) is 15.0 Å². The number of imidazole rings is 1. The van der Waals surface area contributed by atoms with Crippen LogP contribution in [0.3, 0.4) is 0 Å². The molecule has 0 fully saturated rings. The summed E-state index contributed by atoms with van der Waals surface area (Å²) >= 11 is 1.16. The molecule has 2 N–H and O–H groups in total. The summed E-state index contributed by atoms with van der Waals surface area (Å²) < 4.78 is 5.04. The topological polar surface area (TPSA) is 140 Å². The number of benzene rings is 2. The average molecular weight is 423 g/mol. The van der Waals surface area contributed by atoms with Crippen molar-refractivity contribution in [3.05, 3.63) is 69.8 Å². The maximum absolute atomic E-state index is 12.1. The van der Waals surface area contributed by atoms with Gasteiger partial charge in [0.25, 0.3) is 11.6 Å². The van der Waals surface area contributed by atoms with Crippen molar-refractivity contribution in [1.29, 1.82) is 0 Å². The molecule has 30 heavy (non-hydrogen) atoms. The third-order valence-electron chi connectivity index (χ3n) is 4.09. The standard InChI is InChI=1S/C19H13N5O5S/c25-17(8-29-18(26)12-4-5-14-15(7-12)21-10-20-14)23-19-22-16(9-30-19)11-2-1-3-13(6-11)24(27)28/h1-7,9-10H,8H2,(H,20,21)(H,22,23,25). The lowest BCUT2D eigenvalue weighted by Gasteiger charge is -2.05. The predicted molar refractivity (Wildman–Crippen MR) is 109 cm³/mol. The fourth-order valence-electron chi connectivity index (χ4n) is 2.67. The maximum Gasteiger partial charge on any atom is 0.338 e. The van der Waals surface area contributed by atoms with Crippen molar-refractivity contribution < 1.29 is 19.2 Å². The molecular weight excluding hydrogens is 410 g/mol. The van der Waals surface area contributed by atoms with Crippen molar-refractivity contribution in [3.8, 4) is 11.3 Å². The first-order chi connectivity index (χ1) is 14.5. The molecule has 0 aliphatic rings. The second-order valence-corrected chi connectivity index (χ2v) is 6.96. The van der Waals surface area contributed by atoms with Crippen LogP contribution in [0.2, 0.25) is 0 Å². The van der Waals surface area contributed by atoms with E-state index in [0.29, 0.717) is 27.9 Å². The molecule has 0 bridgehead atoms. The van der Waals surface area contributed by atoms with Gasteiger partial charge in [0.2, 0.25) is 0 Å². The van der Waals surface area contributed by atoms with Crippen molar-refractivity contribution in [2.75, 3.05) is 11.9 Å². The minimum Gasteiger partial charge on any atom is -0.452 e. The number of fused-ring (bicyclic) bond motifs is 1. The lowest BCUT2D eigenvalue weighted by atomic mass is 10.1. The molecule has 2 heterocycles. The van der Waals surface area contributed by atoms with Crippen LogP contribution in [-0.4, -0.2) is 38.4 Å². The SMILES string of the molecule is O=C(COC(=O)c1ccc2nc[nH]c2c1)Nc1nc(-c2cccc([N+](=O)[O-])c2)cs1. The van der Waals surface area contributed by atoms with E-state index >= 15 is 0 Å². The van der Waals surface area contributed by atoms with E-state index in [9.17, 15) is 19.7 Å². The predicted octanol–water partition coefficient (Wildman–Crippen LogP) is 3.39. The van der Waals surface area contributed by atoms with Gasteiger partial charge in [-0.2, -0.15) is 0 Å². The highest BCUT2D eigenvalue weighted by molar-refractivity contribution is 7.14. The molecule has 0 spiro atoms. The minimum atomic E-state index is -0.641. The average Bonchev–Trinajstić information content (AvgIpc) is 3.41. The molecule has 0 radical (unpaired) electrons. The van der Waals surface area contributed by atoms with Gasteiger partial charge in [-0.15, -0.1) is 11.3 Å². The van der Waals surface area contributed by atoms with E-state index in [2.05, 4.69) is 20.3 Å². The number of hydrogen-bond acceptors (Lipinski definition) is 8. The Morgan fingerprint density at radius 1 is 1.23 bits per heavy atom. The number of carbonyl (C=O) groups is 2. The van der Waals surface area contributed by atoms with Crippen molar-refractivity contribution in [2.45, 2.75) is 0 Å². The maximum atomic E-state index is 12.1. The molecule has 10 nitrogen and oxygen atoms in total. The van der Waals surface area contributed by atoms with Crippen LogP contribution in [-0.2, 0) is 9.53 Å². The van der Waals surface area contributed by atoms with E-state index in [-0.39, 0.29) is 10.8 Å². The normalized spacial score (nSPS) is 10.7. The van der Waals surface area contributed by atoms with Gasteiger partial charge in [-0.1, -0.05) is 12.1 Å². The summed E-state index contributed by atoms with van der Waals surface area (Å²) in [5.41, 5.74) is 2.69. The number of nitrogens with one attached hydrogen (secondary N) is 2. The van der Waals surface area contributed by atoms with Gasteiger partial charge in [0.05, 0.1) is 33.5 Å². The Labute approximate surface area is 172 Å². The molecule has 0 saturated carbocycles. The minimum absolute atomic E-state index is 0.0497. The van der Waals surface area contributed by atoms with Gasteiger partial charge < -0.3 is 9.72 Å². The van der Waals surface area contributed by atoms with Gasteiger partial charge in [-0.3, -0.25) is 20.2 Å². The molecule has 150 valence electrons. The zero-order valence-corrected chi connectivity index (χ0v) is 16.0. The number of H-pyrrole nitrogens is 1. The number of esters is 1. The van der Waals surface area contributed by atoms with Crippen molar-refractivity contribution in [2.24, 2.45) is 0 Å². The molecule has 0 aliphatic heterocycles. The number of amides is 1. The van der Waals surface area contributed by atoms with E-state index in [1.165, 1.54) is 18.5 Å². The summed E-state index contributed by atoms with van der Waals surface area (Å²) in [7, 11) is 0. The number of rotatable bonds is 6. The highest BCUT2D eigenvalue weighted by atomic mass is 32.1. The van der Waals surface area contributed by atoms with Crippen LogP contribution < -0.4 is 5.32 Å². The van der Waals surface area contributed by atoms with E-state index in [4.69, 9.17) is 4.74 Å². The Balaban J connectivity index is 1.36. The van der Waals surface area contributed by atoms with Gasteiger partial charge in [-0.25, -0.2) is 14.8 Å². The van der Waals surface area contributed by atoms with Gasteiger partial charge in [0.1, 0.15) is 0 Å². The Morgan fingerprint density at radius 2 is 2.10 bits per heavy atom. The van der Waals surface area contributed by atoms with Crippen LogP contribution >= 0.6 is 11.3 Å². The number of ether oxygens (including phenoxy) is 1. The first kappa shape index (κ1) is 19.2. The number of hydrogen-bond donors (Lipinski definition) is 2.